The van der Waals surface area contributed by atoms with Gasteiger partial charge in [-0.1, -0.05) is 23.7 Å². The Balaban J connectivity index is 2.25. The first-order chi connectivity index (χ1) is 8.38. The maximum atomic E-state index is 11.9. The van der Waals surface area contributed by atoms with Crippen molar-refractivity contribution in [3.05, 3.63) is 29.3 Å². The van der Waals surface area contributed by atoms with Crippen LogP contribution in [0.25, 0.3) is 0 Å². The lowest BCUT2D eigenvalue weighted by molar-refractivity contribution is -0.135. The first-order valence-corrected chi connectivity index (χ1v) is 6.94. The molecule has 1 atom stereocenters. The van der Waals surface area contributed by atoms with Crippen molar-refractivity contribution in [2.75, 3.05) is 5.75 Å². The molecule has 0 aliphatic rings. The summed E-state index contributed by atoms with van der Waals surface area (Å²) in [6, 6.07) is 7.10. The third-order valence-corrected chi connectivity index (χ3v) is 4.03. The molecule has 0 radical (unpaired) electrons. The fraction of sp³-hybridized carbons (Fsp3) is 0.500. The van der Waals surface area contributed by atoms with Gasteiger partial charge in [0.25, 0.3) is 0 Å². The van der Waals surface area contributed by atoms with E-state index in [0.717, 1.165) is 4.90 Å². The Morgan fingerprint density at radius 1 is 1.28 bits per heavy atom. The van der Waals surface area contributed by atoms with Crippen molar-refractivity contribution in [1.82, 2.24) is 0 Å². The van der Waals surface area contributed by atoms with Gasteiger partial charge in [-0.15, -0.1) is 11.8 Å². The smallest absolute Gasteiger partial charge is 0.327 e. The normalized spacial score (nSPS) is 13.6. The molecule has 0 aromatic heterocycles. The summed E-state index contributed by atoms with van der Waals surface area (Å²) in [5.41, 5.74) is 5.77. The van der Waals surface area contributed by atoms with E-state index >= 15 is 0 Å². The van der Waals surface area contributed by atoms with E-state index in [-0.39, 0.29) is 12.5 Å². The molecule has 1 nitrogen and oxygen atoms in total. The van der Waals surface area contributed by atoms with Gasteiger partial charge in [-0.05, 0) is 25.0 Å². The first-order valence-electron chi connectivity index (χ1n) is 5.58. The third kappa shape index (κ3) is 6.52. The Kier molecular flexibility index (Phi) is 6.32. The summed E-state index contributed by atoms with van der Waals surface area (Å²) in [5.74, 6) is 0.571. The van der Waals surface area contributed by atoms with Crippen LogP contribution in [0.2, 0.25) is 5.02 Å². The lowest BCUT2D eigenvalue weighted by Crippen LogP contribution is -2.23. The second kappa shape index (κ2) is 7.26. The number of hydrogen-bond donors (Lipinski definition) is 1. The Hall–Kier alpha value is -0.390. The SMILES string of the molecule is NC(CCCC(F)(F)F)CSc1ccccc1Cl. The summed E-state index contributed by atoms with van der Waals surface area (Å²) in [6.45, 7) is 0. The van der Waals surface area contributed by atoms with Gasteiger partial charge in [0.2, 0.25) is 0 Å². The largest absolute Gasteiger partial charge is 0.389 e. The fourth-order valence-corrected chi connectivity index (χ4v) is 2.65. The Morgan fingerprint density at radius 2 is 1.94 bits per heavy atom. The molecule has 0 bridgehead atoms. The van der Waals surface area contributed by atoms with E-state index in [9.17, 15) is 13.2 Å². The van der Waals surface area contributed by atoms with Gasteiger partial charge in [0.05, 0.1) is 5.02 Å². The maximum absolute atomic E-state index is 11.9. The lowest BCUT2D eigenvalue weighted by Gasteiger charge is -2.12. The molecule has 18 heavy (non-hydrogen) atoms. The summed E-state index contributed by atoms with van der Waals surface area (Å²) in [6.07, 6.45) is -4.40. The van der Waals surface area contributed by atoms with E-state index in [1.54, 1.807) is 6.07 Å². The highest BCUT2D eigenvalue weighted by molar-refractivity contribution is 7.99. The molecule has 0 aliphatic carbocycles. The quantitative estimate of drug-likeness (QED) is 0.783. The summed E-state index contributed by atoms with van der Waals surface area (Å²) in [5, 5.41) is 0.644. The number of halogens is 4. The van der Waals surface area contributed by atoms with Crippen LogP contribution in [0.4, 0.5) is 13.2 Å². The van der Waals surface area contributed by atoms with Crippen molar-refractivity contribution in [1.29, 1.82) is 0 Å². The highest BCUT2D eigenvalue weighted by Crippen LogP contribution is 2.28. The van der Waals surface area contributed by atoms with Crippen molar-refractivity contribution in [2.45, 2.75) is 36.4 Å². The average molecular weight is 298 g/mol. The zero-order valence-corrected chi connectivity index (χ0v) is 11.3. The lowest BCUT2D eigenvalue weighted by atomic mass is 10.1. The van der Waals surface area contributed by atoms with E-state index in [0.29, 0.717) is 17.2 Å². The minimum Gasteiger partial charge on any atom is -0.327 e. The summed E-state index contributed by atoms with van der Waals surface area (Å²) in [7, 11) is 0. The van der Waals surface area contributed by atoms with Crippen LogP contribution in [0.1, 0.15) is 19.3 Å². The molecule has 0 aliphatic heterocycles. The van der Waals surface area contributed by atoms with Crippen LogP contribution < -0.4 is 5.73 Å². The molecule has 0 spiro atoms. The van der Waals surface area contributed by atoms with E-state index in [4.69, 9.17) is 17.3 Å². The number of hydrogen-bond acceptors (Lipinski definition) is 2. The van der Waals surface area contributed by atoms with Crippen molar-refractivity contribution >= 4 is 23.4 Å². The molecular weight excluding hydrogens is 283 g/mol. The van der Waals surface area contributed by atoms with Gasteiger partial charge < -0.3 is 5.73 Å². The van der Waals surface area contributed by atoms with Crippen molar-refractivity contribution < 1.29 is 13.2 Å². The molecule has 6 heteroatoms. The summed E-state index contributed by atoms with van der Waals surface area (Å²) < 4.78 is 35.8. The maximum Gasteiger partial charge on any atom is 0.389 e. The molecule has 0 amide bonds. The Morgan fingerprint density at radius 3 is 2.56 bits per heavy atom. The minimum atomic E-state index is -4.09. The summed E-state index contributed by atoms with van der Waals surface area (Å²) >= 11 is 7.44. The van der Waals surface area contributed by atoms with Crippen LogP contribution in [-0.4, -0.2) is 18.0 Å². The topological polar surface area (TPSA) is 26.0 Å². The molecule has 0 heterocycles. The van der Waals surface area contributed by atoms with Gasteiger partial charge in [-0.3, -0.25) is 0 Å². The van der Waals surface area contributed by atoms with Gasteiger partial charge >= 0.3 is 6.18 Å². The Bertz CT molecular complexity index is 371. The fourth-order valence-electron chi connectivity index (χ4n) is 1.41. The van der Waals surface area contributed by atoms with E-state index in [1.807, 2.05) is 18.2 Å². The number of thioether (sulfide) groups is 1. The standard InChI is InChI=1S/C12H15ClF3NS/c13-10-5-1-2-6-11(10)18-8-9(17)4-3-7-12(14,15)16/h1-2,5-6,9H,3-4,7-8,17H2. The van der Waals surface area contributed by atoms with Gasteiger partial charge in [0.1, 0.15) is 0 Å². The van der Waals surface area contributed by atoms with Crippen LogP contribution in [0.5, 0.6) is 0 Å². The Labute approximate surface area is 114 Å². The molecule has 0 fully saturated rings. The van der Waals surface area contributed by atoms with Crippen LogP contribution >= 0.6 is 23.4 Å². The number of nitrogens with two attached hydrogens (primary N) is 1. The van der Waals surface area contributed by atoms with Gasteiger partial charge in [0, 0.05) is 23.1 Å². The number of benzene rings is 1. The van der Waals surface area contributed by atoms with Crippen molar-refractivity contribution in [3.63, 3.8) is 0 Å². The number of alkyl halides is 3. The van der Waals surface area contributed by atoms with E-state index in [1.165, 1.54) is 11.8 Å². The van der Waals surface area contributed by atoms with E-state index in [2.05, 4.69) is 0 Å². The molecular formula is C12H15ClF3NS. The van der Waals surface area contributed by atoms with Gasteiger partial charge in [-0.25, -0.2) is 0 Å². The monoisotopic (exact) mass is 297 g/mol. The highest BCUT2D eigenvalue weighted by Gasteiger charge is 2.26. The molecule has 2 N–H and O–H groups in total. The van der Waals surface area contributed by atoms with E-state index < -0.39 is 12.6 Å². The minimum absolute atomic E-state index is 0.0771. The van der Waals surface area contributed by atoms with Crippen LogP contribution in [0.15, 0.2) is 29.2 Å². The second-order valence-electron chi connectivity index (χ2n) is 4.01. The summed E-state index contributed by atoms with van der Waals surface area (Å²) in [4.78, 5) is 0.908. The molecule has 0 saturated carbocycles. The molecule has 1 aromatic carbocycles. The zero-order chi connectivity index (χ0) is 13.6. The molecule has 102 valence electrons. The predicted molar refractivity (Wildman–Crippen MR) is 70.1 cm³/mol. The molecule has 1 unspecified atom stereocenters. The average Bonchev–Trinajstić information content (AvgIpc) is 2.26. The third-order valence-electron chi connectivity index (χ3n) is 2.32. The van der Waals surface area contributed by atoms with Crippen LogP contribution in [0, 0.1) is 0 Å². The molecule has 1 aromatic rings. The zero-order valence-electron chi connectivity index (χ0n) is 9.71. The highest BCUT2D eigenvalue weighted by atomic mass is 35.5. The number of rotatable bonds is 6. The van der Waals surface area contributed by atoms with Crippen molar-refractivity contribution in [2.24, 2.45) is 5.73 Å². The molecule has 1 rings (SSSR count). The van der Waals surface area contributed by atoms with Gasteiger partial charge in [-0.2, -0.15) is 13.2 Å². The predicted octanol–water partition coefficient (Wildman–Crippen LogP) is 4.49. The van der Waals surface area contributed by atoms with Gasteiger partial charge in [0.15, 0.2) is 0 Å². The van der Waals surface area contributed by atoms with Crippen LogP contribution in [0.3, 0.4) is 0 Å². The molecule has 0 saturated heterocycles. The first kappa shape index (κ1) is 15.7. The second-order valence-corrected chi connectivity index (χ2v) is 5.48. The van der Waals surface area contributed by atoms with Crippen molar-refractivity contribution in [3.8, 4) is 0 Å². The van der Waals surface area contributed by atoms with Crippen LogP contribution in [-0.2, 0) is 0 Å².